The monoisotopic (exact) mass is 316 g/mol. The van der Waals surface area contributed by atoms with Crippen LogP contribution < -0.4 is 4.74 Å². The van der Waals surface area contributed by atoms with Gasteiger partial charge in [0.1, 0.15) is 16.6 Å². The minimum absolute atomic E-state index is 0.0179. The van der Waals surface area contributed by atoms with E-state index in [1.807, 2.05) is 30.3 Å². The Morgan fingerprint density at radius 3 is 2.57 bits per heavy atom. The number of aryl methyl sites for hydroxylation is 1. The molecule has 0 saturated carbocycles. The third kappa shape index (κ3) is 3.92. The van der Waals surface area contributed by atoms with Gasteiger partial charge in [0.25, 0.3) is 6.43 Å². The summed E-state index contributed by atoms with van der Waals surface area (Å²) in [7, 11) is 0. The highest BCUT2D eigenvalue weighted by molar-refractivity contribution is 6.30. The van der Waals surface area contributed by atoms with Crippen LogP contribution in [-0.2, 0) is 13.2 Å². The van der Waals surface area contributed by atoms with Gasteiger partial charge in [0.05, 0.1) is 13.2 Å². The highest BCUT2D eigenvalue weighted by Gasteiger charge is 2.22. The van der Waals surface area contributed by atoms with E-state index < -0.39 is 18.7 Å². The third-order valence-corrected chi connectivity index (χ3v) is 3.33. The molecule has 1 N–H and O–H groups in total. The summed E-state index contributed by atoms with van der Waals surface area (Å²) in [4.78, 5) is 0. The first-order valence-corrected chi connectivity index (χ1v) is 6.83. The zero-order valence-electron chi connectivity index (χ0n) is 11.2. The van der Waals surface area contributed by atoms with E-state index in [0.29, 0.717) is 19.6 Å². The number of aliphatic hydroxyl groups excluding tert-OH is 1. The lowest BCUT2D eigenvalue weighted by atomic mass is 10.3. The SMILES string of the molecule is OCc1c(C(F)F)nn(CCCOc2ccccc2)c1Cl. The van der Waals surface area contributed by atoms with Crippen LogP contribution >= 0.6 is 11.6 Å². The largest absolute Gasteiger partial charge is 0.494 e. The Bertz CT molecular complexity index is 576. The molecule has 0 fully saturated rings. The summed E-state index contributed by atoms with van der Waals surface area (Å²) in [6, 6.07) is 9.28. The van der Waals surface area contributed by atoms with Gasteiger partial charge in [0.2, 0.25) is 0 Å². The molecule has 0 bridgehead atoms. The molecule has 0 aliphatic rings. The van der Waals surface area contributed by atoms with Crippen molar-refractivity contribution in [2.45, 2.75) is 26.0 Å². The Balaban J connectivity index is 1.91. The fourth-order valence-corrected chi connectivity index (χ4v) is 2.17. The van der Waals surface area contributed by atoms with Crippen molar-refractivity contribution in [1.82, 2.24) is 9.78 Å². The van der Waals surface area contributed by atoms with Gasteiger partial charge in [-0.05, 0) is 12.1 Å². The third-order valence-electron chi connectivity index (χ3n) is 2.90. The maximum absolute atomic E-state index is 12.7. The normalized spacial score (nSPS) is 11.1. The van der Waals surface area contributed by atoms with Crippen molar-refractivity contribution in [2.24, 2.45) is 0 Å². The molecule has 1 aromatic carbocycles. The number of halogens is 3. The topological polar surface area (TPSA) is 47.3 Å². The van der Waals surface area contributed by atoms with Crippen LogP contribution in [0, 0.1) is 0 Å². The second-order valence-electron chi connectivity index (χ2n) is 4.35. The number of ether oxygens (including phenoxy) is 1. The van der Waals surface area contributed by atoms with Crippen LogP contribution in [0.2, 0.25) is 5.15 Å². The molecule has 7 heteroatoms. The number of rotatable bonds is 7. The Hall–Kier alpha value is -1.66. The molecule has 1 heterocycles. The van der Waals surface area contributed by atoms with Gasteiger partial charge in [0.15, 0.2) is 0 Å². The van der Waals surface area contributed by atoms with Crippen LogP contribution in [0.25, 0.3) is 0 Å². The van der Waals surface area contributed by atoms with E-state index in [0.717, 1.165) is 5.75 Å². The molecule has 0 unspecified atom stereocenters. The molecule has 21 heavy (non-hydrogen) atoms. The van der Waals surface area contributed by atoms with Gasteiger partial charge in [-0.25, -0.2) is 8.78 Å². The quantitative estimate of drug-likeness (QED) is 0.796. The van der Waals surface area contributed by atoms with Crippen LogP contribution in [0.15, 0.2) is 30.3 Å². The molecule has 1 aromatic heterocycles. The lowest BCUT2D eigenvalue weighted by Gasteiger charge is -2.06. The zero-order valence-corrected chi connectivity index (χ0v) is 11.9. The van der Waals surface area contributed by atoms with Crippen molar-refractivity contribution in [3.8, 4) is 5.75 Å². The molecule has 2 rings (SSSR count). The molecule has 0 spiro atoms. The van der Waals surface area contributed by atoms with Gasteiger partial charge >= 0.3 is 0 Å². The maximum Gasteiger partial charge on any atom is 0.282 e. The maximum atomic E-state index is 12.7. The van der Waals surface area contributed by atoms with Gasteiger partial charge in [-0.3, -0.25) is 4.68 Å². The van der Waals surface area contributed by atoms with Crippen LogP contribution in [0.5, 0.6) is 5.75 Å². The van der Waals surface area contributed by atoms with Gasteiger partial charge in [-0.15, -0.1) is 0 Å². The molecule has 0 amide bonds. The molecule has 0 saturated heterocycles. The Kier molecular flexibility index (Phi) is 5.52. The number of para-hydroxylation sites is 1. The highest BCUT2D eigenvalue weighted by atomic mass is 35.5. The van der Waals surface area contributed by atoms with Crippen molar-refractivity contribution in [3.05, 3.63) is 46.7 Å². The molecule has 0 atom stereocenters. The standard InChI is InChI=1S/C14H15ClF2N2O2/c15-13-11(9-20)12(14(16)17)18-19(13)7-4-8-21-10-5-2-1-3-6-10/h1-3,5-6,14,20H,4,7-9H2. The first-order valence-electron chi connectivity index (χ1n) is 6.45. The average Bonchev–Trinajstić information content (AvgIpc) is 2.81. The molecule has 0 radical (unpaired) electrons. The smallest absolute Gasteiger partial charge is 0.282 e. The van der Waals surface area contributed by atoms with Gasteiger partial charge < -0.3 is 9.84 Å². The summed E-state index contributed by atoms with van der Waals surface area (Å²) in [5, 5.41) is 12.9. The number of alkyl halides is 2. The predicted octanol–water partition coefficient (Wildman–Crippen LogP) is 3.44. The summed E-state index contributed by atoms with van der Waals surface area (Å²) in [5.41, 5.74) is -0.484. The lowest BCUT2D eigenvalue weighted by molar-refractivity contribution is 0.141. The van der Waals surface area contributed by atoms with E-state index >= 15 is 0 Å². The van der Waals surface area contributed by atoms with E-state index in [1.165, 1.54) is 4.68 Å². The van der Waals surface area contributed by atoms with E-state index in [1.54, 1.807) is 0 Å². The Labute approximate surface area is 125 Å². The van der Waals surface area contributed by atoms with Crippen molar-refractivity contribution in [1.29, 1.82) is 0 Å². The van der Waals surface area contributed by atoms with Crippen molar-refractivity contribution >= 4 is 11.6 Å². The van der Waals surface area contributed by atoms with E-state index in [4.69, 9.17) is 21.4 Å². The summed E-state index contributed by atoms with van der Waals surface area (Å²) in [6.45, 7) is 0.198. The lowest BCUT2D eigenvalue weighted by Crippen LogP contribution is -2.06. The van der Waals surface area contributed by atoms with Crippen molar-refractivity contribution in [2.75, 3.05) is 6.61 Å². The number of hydrogen-bond donors (Lipinski definition) is 1. The van der Waals surface area contributed by atoms with Crippen LogP contribution in [0.4, 0.5) is 8.78 Å². The fourth-order valence-electron chi connectivity index (χ4n) is 1.89. The minimum Gasteiger partial charge on any atom is -0.494 e. The van der Waals surface area contributed by atoms with Crippen molar-refractivity contribution < 1.29 is 18.6 Å². The van der Waals surface area contributed by atoms with Gasteiger partial charge in [-0.1, -0.05) is 29.8 Å². The minimum atomic E-state index is -2.76. The number of nitrogens with zero attached hydrogens (tertiary/aromatic N) is 2. The highest BCUT2D eigenvalue weighted by Crippen LogP contribution is 2.28. The molecule has 2 aromatic rings. The van der Waals surface area contributed by atoms with Crippen LogP contribution in [-0.4, -0.2) is 21.5 Å². The first kappa shape index (κ1) is 15.7. The van der Waals surface area contributed by atoms with Gasteiger partial charge in [0, 0.05) is 18.5 Å². The summed E-state index contributed by atoms with van der Waals surface area (Å²) in [6.07, 6.45) is -2.20. The number of hydrogen-bond acceptors (Lipinski definition) is 3. The fraction of sp³-hybridized carbons (Fsp3) is 0.357. The van der Waals surface area contributed by atoms with E-state index in [9.17, 15) is 8.78 Å². The number of benzene rings is 1. The summed E-state index contributed by atoms with van der Waals surface area (Å²) >= 11 is 5.94. The van der Waals surface area contributed by atoms with Crippen molar-refractivity contribution in [3.63, 3.8) is 0 Å². The van der Waals surface area contributed by atoms with E-state index in [-0.39, 0.29) is 10.7 Å². The molecule has 0 aliphatic carbocycles. The summed E-state index contributed by atoms with van der Waals surface area (Å²) in [5.74, 6) is 0.744. The van der Waals surface area contributed by atoms with Gasteiger partial charge in [-0.2, -0.15) is 5.10 Å². The average molecular weight is 317 g/mol. The summed E-state index contributed by atoms with van der Waals surface area (Å²) < 4.78 is 32.3. The second kappa shape index (κ2) is 7.38. The zero-order chi connectivity index (χ0) is 15.2. The molecule has 114 valence electrons. The molecule has 4 nitrogen and oxygen atoms in total. The Morgan fingerprint density at radius 2 is 2.00 bits per heavy atom. The number of aromatic nitrogens is 2. The second-order valence-corrected chi connectivity index (χ2v) is 4.71. The molecular formula is C14H15ClF2N2O2. The predicted molar refractivity (Wildman–Crippen MR) is 74.7 cm³/mol. The Morgan fingerprint density at radius 1 is 1.29 bits per heavy atom. The molecular weight excluding hydrogens is 302 g/mol. The van der Waals surface area contributed by atoms with Crippen LogP contribution in [0.1, 0.15) is 24.1 Å². The number of aliphatic hydroxyl groups is 1. The first-order chi connectivity index (χ1) is 10.1. The molecule has 0 aliphatic heterocycles. The van der Waals surface area contributed by atoms with E-state index in [2.05, 4.69) is 5.10 Å². The van der Waals surface area contributed by atoms with Crippen LogP contribution in [0.3, 0.4) is 0 Å².